The van der Waals surface area contributed by atoms with Gasteiger partial charge in [0.25, 0.3) is 0 Å². The van der Waals surface area contributed by atoms with Crippen molar-refractivity contribution in [3.05, 3.63) is 64.8 Å². The van der Waals surface area contributed by atoms with Crippen molar-refractivity contribution in [2.75, 3.05) is 0 Å². The van der Waals surface area contributed by atoms with Gasteiger partial charge in [0.15, 0.2) is 0 Å². The normalized spacial score (nSPS) is 12.9. The monoisotopic (exact) mass is 310 g/mol. The summed E-state index contributed by atoms with van der Waals surface area (Å²) in [6, 6.07) is 4.72. The van der Waals surface area contributed by atoms with E-state index >= 15 is 0 Å². The lowest BCUT2D eigenvalue weighted by Gasteiger charge is -2.23. The number of benzene rings is 1. The molecule has 1 aromatic carbocycles. The van der Waals surface area contributed by atoms with Gasteiger partial charge in [-0.25, -0.2) is 0 Å². The highest BCUT2D eigenvalue weighted by Crippen LogP contribution is 2.31. The van der Waals surface area contributed by atoms with Gasteiger partial charge in [0.2, 0.25) is 0 Å². The van der Waals surface area contributed by atoms with E-state index in [2.05, 4.69) is 85.4 Å². The van der Waals surface area contributed by atoms with E-state index in [9.17, 15) is 0 Å². The number of unbranched alkanes of at least 4 members (excludes halogenated alkanes) is 1. The summed E-state index contributed by atoms with van der Waals surface area (Å²) in [4.78, 5) is 0. The summed E-state index contributed by atoms with van der Waals surface area (Å²) in [7, 11) is 0. The summed E-state index contributed by atoms with van der Waals surface area (Å²) >= 11 is 0. The summed E-state index contributed by atoms with van der Waals surface area (Å²) in [6.07, 6.45) is 10.0. The molecule has 0 nitrogen and oxygen atoms in total. The molecule has 0 aliphatic heterocycles. The molecule has 0 aromatic heterocycles. The zero-order valence-corrected chi connectivity index (χ0v) is 16.2. The van der Waals surface area contributed by atoms with E-state index in [1.165, 1.54) is 40.7 Å². The van der Waals surface area contributed by atoms with Crippen LogP contribution in [-0.4, -0.2) is 0 Å². The van der Waals surface area contributed by atoms with Gasteiger partial charge in [-0.3, -0.25) is 0 Å². The molecule has 1 aromatic rings. The van der Waals surface area contributed by atoms with Crippen LogP contribution < -0.4 is 0 Å². The van der Waals surface area contributed by atoms with Gasteiger partial charge in [-0.15, -0.1) is 0 Å². The molecular formula is C23H34. The van der Waals surface area contributed by atoms with Crippen molar-refractivity contribution in [3.63, 3.8) is 0 Å². The predicted octanol–water partition coefficient (Wildman–Crippen LogP) is 7.17. The quantitative estimate of drug-likeness (QED) is 0.488. The molecule has 0 spiro atoms. The summed E-state index contributed by atoms with van der Waals surface area (Å²) in [5.74, 6) is 0. The van der Waals surface area contributed by atoms with Crippen molar-refractivity contribution >= 4 is 5.57 Å². The molecule has 23 heavy (non-hydrogen) atoms. The Hall–Kier alpha value is -1.56. The Labute approximate surface area is 144 Å². The number of rotatable bonds is 6. The first-order valence-corrected chi connectivity index (χ1v) is 8.85. The Balaban J connectivity index is 3.36. The number of hydrogen-bond acceptors (Lipinski definition) is 0. The van der Waals surface area contributed by atoms with Crippen molar-refractivity contribution in [3.8, 4) is 0 Å². The topological polar surface area (TPSA) is 0 Å². The van der Waals surface area contributed by atoms with Crippen molar-refractivity contribution in [1.29, 1.82) is 0 Å². The minimum absolute atomic E-state index is 0.159. The molecule has 0 atom stereocenters. The fourth-order valence-corrected chi connectivity index (χ4v) is 2.64. The van der Waals surface area contributed by atoms with Crippen LogP contribution in [0.3, 0.4) is 0 Å². The lowest BCUT2D eigenvalue weighted by atomic mass is 9.81. The molecule has 0 saturated carbocycles. The van der Waals surface area contributed by atoms with Gasteiger partial charge in [-0.2, -0.15) is 0 Å². The van der Waals surface area contributed by atoms with Gasteiger partial charge in [0.1, 0.15) is 0 Å². The minimum Gasteiger partial charge on any atom is -0.0911 e. The highest BCUT2D eigenvalue weighted by atomic mass is 14.2. The smallest absolute Gasteiger partial charge is 0.0132 e. The van der Waals surface area contributed by atoms with E-state index in [4.69, 9.17) is 0 Å². The van der Waals surface area contributed by atoms with E-state index in [0.29, 0.717) is 0 Å². The Bertz CT molecular complexity index is 604. The van der Waals surface area contributed by atoms with E-state index in [0.717, 1.165) is 12.0 Å². The third-order valence-electron chi connectivity index (χ3n) is 4.47. The lowest BCUT2D eigenvalue weighted by Crippen LogP contribution is -2.13. The zero-order valence-electron chi connectivity index (χ0n) is 16.2. The fourth-order valence-electron chi connectivity index (χ4n) is 2.64. The SMILES string of the molecule is C=C(C=CC(C)=CC)c1cc(C(C)(C)C)cc(C)c1CCCC. The minimum atomic E-state index is 0.159. The maximum absolute atomic E-state index is 4.35. The standard InChI is InChI=1S/C23H34/c1-9-11-12-21-19(5)15-20(23(6,7)8)16-22(21)18(4)14-13-17(3)10-2/h10,13-16H,4,9,11-12H2,1-3,5-8H3. The van der Waals surface area contributed by atoms with Gasteiger partial charge in [-0.1, -0.05) is 76.6 Å². The van der Waals surface area contributed by atoms with Crippen LogP contribution in [0.1, 0.15) is 76.6 Å². The highest BCUT2D eigenvalue weighted by Gasteiger charge is 2.18. The summed E-state index contributed by atoms with van der Waals surface area (Å²) in [6.45, 7) is 19.9. The largest absolute Gasteiger partial charge is 0.0911 e. The Kier molecular flexibility index (Phi) is 7.06. The van der Waals surface area contributed by atoms with E-state index < -0.39 is 0 Å². The van der Waals surface area contributed by atoms with Crippen LogP contribution in [0.15, 0.2) is 42.5 Å². The maximum atomic E-state index is 4.35. The first-order valence-electron chi connectivity index (χ1n) is 8.85. The molecule has 0 bridgehead atoms. The van der Waals surface area contributed by atoms with E-state index in [1.54, 1.807) is 0 Å². The second-order valence-electron chi connectivity index (χ2n) is 7.56. The van der Waals surface area contributed by atoms with Crippen LogP contribution in [0.4, 0.5) is 0 Å². The van der Waals surface area contributed by atoms with Gasteiger partial charge in [0.05, 0.1) is 0 Å². The van der Waals surface area contributed by atoms with E-state index in [1.807, 2.05) is 0 Å². The van der Waals surface area contributed by atoms with Crippen molar-refractivity contribution in [2.45, 2.75) is 73.1 Å². The third-order valence-corrected chi connectivity index (χ3v) is 4.47. The summed E-state index contributed by atoms with van der Waals surface area (Å²) < 4.78 is 0. The van der Waals surface area contributed by atoms with Crippen LogP contribution in [0.25, 0.3) is 5.57 Å². The maximum Gasteiger partial charge on any atom is -0.0132 e. The Morgan fingerprint density at radius 1 is 1.17 bits per heavy atom. The lowest BCUT2D eigenvalue weighted by molar-refractivity contribution is 0.589. The van der Waals surface area contributed by atoms with Crippen molar-refractivity contribution in [2.24, 2.45) is 0 Å². The van der Waals surface area contributed by atoms with Crippen molar-refractivity contribution < 1.29 is 0 Å². The van der Waals surface area contributed by atoms with Crippen LogP contribution in [0, 0.1) is 6.92 Å². The average molecular weight is 311 g/mol. The molecule has 0 amide bonds. The second-order valence-corrected chi connectivity index (χ2v) is 7.56. The molecule has 0 radical (unpaired) electrons. The Morgan fingerprint density at radius 3 is 2.35 bits per heavy atom. The molecule has 0 aliphatic carbocycles. The van der Waals surface area contributed by atoms with Gasteiger partial charge in [0, 0.05) is 0 Å². The third kappa shape index (κ3) is 5.53. The first-order chi connectivity index (χ1) is 10.7. The summed E-state index contributed by atoms with van der Waals surface area (Å²) in [5, 5.41) is 0. The molecule has 126 valence electrons. The van der Waals surface area contributed by atoms with Crippen LogP contribution in [-0.2, 0) is 11.8 Å². The second kappa shape index (κ2) is 8.34. The number of allylic oxidation sites excluding steroid dienone is 5. The van der Waals surface area contributed by atoms with Crippen molar-refractivity contribution in [1.82, 2.24) is 0 Å². The summed E-state index contributed by atoms with van der Waals surface area (Å²) in [5.41, 5.74) is 8.12. The zero-order chi connectivity index (χ0) is 17.6. The average Bonchev–Trinajstić information content (AvgIpc) is 2.49. The highest BCUT2D eigenvalue weighted by molar-refractivity contribution is 5.76. The van der Waals surface area contributed by atoms with E-state index in [-0.39, 0.29) is 5.41 Å². The molecule has 0 unspecified atom stereocenters. The van der Waals surface area contributed by atoms with Crippen LogP contribution in [0.5, 0.6) is 0 Å². The van der Waals surface area contributed by atoms with Crippen LogP contribution in [0.2, 0.25) is 0 Å². The number of aryl methyl sites for hydroxylation is 1. The molecule has 0 N–H and O–H groups in total. The first kappa shape index (κ1) is 19.5. The molecule has 0 saturated heterocycles. The fraction of sp³-hybridized carbons (Fsp3) is 0.478. The molecule has 0 heteroatoms. The molecule has 1 rings (SSSR count). The molecular weight excluding hydrogens is 276 g/mol. The number of hydrogen-bond donors (Lipinski definition) is 0. The molecule has 0 aliphatic rings. The molecule has 0 fully saturated rings. The molecule has 0 heterocycles. The Morgan fingerprint density at radius 2 is 1.83 bits per heavy atom. The predicted molar refractivity (Wildman–Crippen MR) is 106 cm³/mol. The van der Waals surface area contributed by atoms with Gasteiger partial charge >= 0.3 is 0 Å². The van der Waals surface area contributed by atoms with Crippen LogP contribution >= 0.6 is 0 Å². The van der Waals surface area contributed by atoms with Gasteiger partial charge < -0.3 is 0 Å². The van der Waals surface area contributed by atoms with Gasteiger partial charge in [-0.05, 0) is 66.9 Å².